The Morgan fingerprint density at radius 3 is 2.43 bits per heavy atom. The molecular formula is C15H18FN3OS. The molecule has 0 aliphatic rings. The van der Waals surface area contributed by atoms with E-state index in [-0.39, 0.29) is 23.7 Å². The van der Waals surface area contributed by atoms with E-state index in [2.05, 4.69) is 4.98 Å². The lowest BCUT2D eigenvalue weighted by Crippen LogP contribution is -2.19. The van der Waals surface area contributed by atoms with Crippen LogP contribution in [0.2, 0.25) is 0 Å². The number of hydrogen-bond acceptors (Lipinski definition) is 4. The van der Waals surface area contributed by atoms with Crippen molar-refractivity contribution in [3.05, 3.63) is 45.7 Å². The van der Waals surface area contributed by atoms with E-state index in [1.807, 2.05) is 20.8 Å². The van der Waals surface area contributed by atoms with Crippen LogP contribution in [0, 0.1) is 11.2 Å². The lowest BCUT2D eigenvalue weighted by atomic mass is 9.91. The molecule has 21 heavy (non-hydrogen) atoms. The average Bonchev–Trinajstić information content (AvgIpc) is 2.82. The number of nitrogens with one attached hydrogen (secondary N) is 1. The lowest BCUT2D eigenvalue weighted by Gasteiger charge is -2.16. The molecular weight excluding hydrogens is 289 g/mol. The number of hydrogen-bond donors (Lipinski definition) is 2. The molecule has 1 heterocycles. The molecule has 4 nitrogen and oxygen atoms in total. The number of aromatic nitrogens is 1. The Hall–Kier alpha value is -1.95. The molecule has 0 amide bonds. The molecule has 0 radical (unpaired) electrons. The topological polar surface area (TPSA) is 72.0 Å². The maximum atomic E-state index is 12.8. The number of rotatable bonds is 4. The van der Waals surface area contributed by atoms with E-state index in [0.717, 1.165) is 10.7 Å². The minimum atomic E-state index is -0.300. The number of halogens is 1. The molecule has 1 aromatic carbocycles. The van der Waals surface area contributed by atoms with Gasteiger partial charge in [0, 0.05) is 5.41 Å². The Kier molecular flexibility index (Phi) is 4.27. The Labute approximate surface area is 127 Å². The highest BCUT2D eigenvalue weighted by molar-refractivity contribution is 7.13. The second-order valence-corrected chi connectivity index (χ2v) is 6.78. The second-order valence-electron chi connectivity index (χ2n) is 5.69. The molecule has 0 unspecified atom stereocenters. The van der Waals surface area contributed by atoms with Crippen LogP contribution in [0.25, 0.3) is 0 Å². The maximum absolute atomic E-state index is 12.8. The molecule has 0 spiro atoms. The van der Waals surface area contributed by atoms with Crippen molar-refractivity contribution in [3.63, 3.8) is 0 Å². The number of nitrogen functional groups attached to an aromatic ring is 1. The third-order valence-electron chi connectivity index (χ3n) is 2.80. The van der Waals surface area contributed by atoms with Crippen molar-refractivity contribution in [2.45, 2.75) is 32.8 Å². The summed E-state index contributed by atoms with van der Waals surface area (Å²) >= 11 is 1.36. The van der Waals surface area contributed by atoms with Gasteiger partial charge in [-0.2, -0.15) is 0 Å². The van der Waals surface area contributed by atoms with E-state index in [1.54, 1.807) is 12.1 Å². The van der Waals surface area contributed by atoms with Crippen molar-refractivity contribution >= 4 is 17.2 Å². The van der Waals surface area contributed by atoms with E-state index in [0.29, 0.717) is 10.6 Å². The van der Waals surface area contributed by atoms with Crippen LogP contribution in [0.15, 0.2) is 24.3 Å². The first-order valence-electron chi connectivity index (χ1n) is 6.50. The van der Waals surface area contributed by atoms with Crippen LogP contribution >= 0.6 is 11.3 Å². The van der Waals surface area contributed by atoms with Gasteiger partial charge < -0.3 is 10.5 Å². The van der Waals surface area contributed by atoms with E-state index in [9.17, 15) is 4.39 Å². The summed E-state index contributed by atoms with van der Waals surface area (Å²) in [5.74, 6) is 0.296. The van der Waals surface area contributed by atoms with Crippen molar-refractivity contribution in [2.75, 3.05) is 0 Å². The quantitative estimate of drug-likeness (QED) is 0.671. The van der Waals surface area contributed by atoms with E-state index >= 15 is 0 Å². The lowest BCUT2D eigenvalue weighted by molar-refractivity contribution is 0.304. The van der Waals surface area contributed by atoms with Gasteiger partial charge in [0.25, 0.3) is 0 Å². The molecule has 1 aromatic heterocycles. The smallest absolute Gasteiger partial charge is 0.140 e. The third kappa shape index (κ3) is 3.78. The third-order valence-corrected chi connectivity index (χ3v) is 3.86. The van der Waals surface area contributed by atoms with Gasteiger partial charge in [-0.25, -0.2) is 9.37 Å². The van der Waals surface area contributed by atoms with Crippen molar-refractivity contribution in [1.82, 2.24) is 4.98 Å². The van der Waals surface area contributed by atoms with Crippen LogP contribution < -0.4 is 10.5 Å². The second kappa shape index (κ2) is 5.81. The summed E-state index contributed by atoms with van der Waals surface area (Å²) in [6.45, 7) is 6.35. The van der Waals surface area contributed by atoms with Gasteiger partial charge in [-0.1, -0.05) is 20.8 Å². The monoisotopic (exact) mass is 307 g/mol. The molecule has 2 aromatic rings. The van der Waals surface area contributed by atoms with E-state index in [1.165, 1.54) is 23.5 Å². The highest BCUT2D eigenvalue weighted by Gasteiger charge is 2.24. The van der Waals surface area contributed by atoms with Crippen LogP contribution in [0.3, 0.4) is 0 Å². The molecule has 0 saturated heterocycles. The number of nitrogens with two attached hydrogens (primary N) is 1. The molecule has 112 valence electrons. The first-order chi connectivity index (χ1) is 9.77. The SMILES string of the molecule is CC(C)(C)c1nc(COc2ccc(F)cc2)sc1C(=N)N. The van der Waals surface area contributed by atoms with Gasteiger partial charge in [0.2, 0.25) is 0 Å². The molecule has 6 heteroatoms. The number of ether oxygens (including phenoxy) is 1. The van der Waals surface area contributed by atoms with Crippen molar-refractivity contribution in [3.8, 4) is 5.75 Å². The highest BCUT2D eigenvalue weighted by atomic mass is 32.1. The zero-order valence-electron chi connectivity index (χ0n) is 12.2. The van der Waals surface area contributed by atoms with Crippen LogP contribution in [0.5, 0.6) is 5.75 Å². The fraction of sp³-hybridized carbons (Fsp3) is 0.333. The molecule has 0 bridgehead atoms. The van der Waals surface area contributed by atoms with Crippen LogP contribution in [0.1, 0.15) is 36.3 Å². The van der Waals surface area contributed by atoms with Gasteiger partial charge in [0.1, 0.15) is 29.0 Å². The number of benzene rings is 1. The average molecular weight is 307 g/mol. The number of amidine groups is 1. The molecule has 2 rings (SSSR count). The van der Waals surface area contributed by atoms with Crippen LogP contribution in [-0.2, 0) is 12.0 Å². The maximum Gasteiger partial charge on any atom is 0.140 e. The summed E-state index contributed by atoms with van der Waals surface area (Å²) in [7, 11) is 0. The van der Waals surface area contributed by atoms with Crippen molar-refractivity contribution in [1.29, 1.82) is 5.41 Å². The normalized spacial score (nSPS) is 11.4. The Morgan fingerprint density at radius 2 is 1.95 bits per heavy atom. The van der Waals surface area contributed by atoms with Gasteiger partial charge in [0.15, 0.2) is 0 Å². The van der Waals surface area contributed by atoms with Gasteiger partial charge in [0.05, 0.1) is 10.6 Å². The number of thiazole rings is 1. The zero-order chi connectivity index (χ0) is 15.6. The Morgan fingerprint density at radius 1 is 1.33 bits per heavy atom. The summed E-state index contributed by atoms with van der Waals surface area (Å²) in [5.41, 5.74) is 6.23. The zero-order valence-corrected chi connectivity index (χ0v) is 13.1. The summed E-state index contributed by atoms with van der Waals surface area (Å²) in [6, 6.07) is 5.83. The molecule has 0 saturated carbocycles. The minimum absolute atomic E-state index is 0.0189. The van der Waals surface area contributed by atoms with Gasteiger partial charge in [-0.15, -0.1) is 11.3 Å². The van der Waals surface area contributed by atoms with Gasteiger partial charge in [-0.3, -0.25) is 5.41 Å². The van der Waals surface area contributed by atoms with Crippen molar-refractivity contribution < 1.29 is 9.13 Å². The summed E-state index contributed by atoms with van der Waals surface area (Å²) < 4.78 is 18.4. The molecule has 0 atom stereocenters. The molecule has 0 aliphatic heterocycles. The standard InChI is InChI=1S/C15H18FN3OS/c1-15(2,3)13-12(14(17)18)21-11(19-13)8-20-10-6-4-9(16)5-7-10/h4-7H,8H2,1-3H3,(H3,17,18). The van der Waals surface area contributed by atoms with Gasteiger partial charge >= 0.3 is 0 Å². The molecule has 3 N–H and O–H groups in total. The summed E-state index contributed by atoms with van der Waals surface area (Å²) in [4.78, 5) is 5.21. The fourth-order valence-corrected chi connectivity index (χ4v) is 2.84. The van der Waals surface area contributed by atoms with Crippen LogP contribution in [0.4, 0.5) is 4.39 Å². The number of nitrogens with zero attached hydrogens (tertiary/aromatic N) is 1. The van der Waals surface area contributed by atoms with E-state index in [4.69, 9.17) is 15.9 Å². The minimum Gasteiger partial charge on any atom is -0.486 e. The van der Waals surface area contributed by atoms with Gasteiger partial charge in [-0.05, 0) is 24.3 Å². The Bertz CT molecular complexity index is 644. The van der Waals surface area contributed by atoms with E-state index < -0.39 is 0 Å². The predicted molar refractivity (Wildman–Crippen MR) is 82.6 cm³/mol. The first kappa shape index (κ1) is 15.4. The van der Waals surface area contributed by atoms with Crippen LogP contribution in [-0.4, -0.2) is 10.8 Å². The first-order valence-corrected chi connectivity index (χ1v) is 7.32. The Balaban J connectivity index is 2.17. The fourth-order valence-electron chi connectivity index (χ4n) is 1.79. The molecule has 0 fully saturated rings. The predicted octanol–water partition coefficient (Wildman–Crippen LogP) is 3.44. The molecule has 0 aliphatic carbocycles. The summed E-state index contributed by atoms with van der Waals surface area (Å²) in [6.07, 6.45) is 0. The summed E-state index contributed by atoms with van der Waals surface area (Å²) in [5, 5.41) is 8.40. The highest BCUT2D eigenvalue weighted by Crippen LogP contribution is 2.29. The largest absolute Gasteiger partial charge is 0.486 e. The van der Waals surface area contributed by atoms with Crippen molar-refractivity contribution in [2.24, 2.45) is 5.73 Å².